The van der Waals surface area contributed by atoms with Gasteiger partial charge in [-0.1, -0.05) is 5.21 Å². The summed E-state index contributed by atoms with van der Waals surface area (Å²) in [7, 11) is 3.13. The van der Waals surface area contributed by atoms with E-state index >= 15 is 0 Å². The van der Waals surface area contributed by atoms with E-state index in [2.05, 4.69) is 52.7 Å². The first-order chi connectivity index (χ1) is 12.7. The average Bonchev–Trinajstić information content (AvgIpc) is 3.35. The maximum absolute atomic E-state index is 11.3. The third kappa shape index (κ3) is 4.51. The van der Waals surface area contributed by atoms with Crippen LogP contribution in [0.15, 0.2) is 28.7 Å². The molecule has 1 aliphatic heterocycles. The number of guanidine groups is 1. The van der Waals surface area contributed by atoms with Crippen molar-refractivity contribution in [3.8, 4) is 0 Å². The van der Waals surface area contributed by atoms with Crippen LogP contribution < -0.4 is 10.2 Å². The molecule has 0 saturated carbocycles. The average molecular weight is 377 g/mol. The van der Waals surface area contributed by atoms with Crippen LogP contribution in [-0.2, 0) is 22.6 Å². The molecule has 1 saturated heterocycles. The van der Waals surface area contributed by atoms with Crippen molar-refractivity contribution >= 4 is 28.3 Å². The predicted molar refractivity (Wildman–Crippen MR) is 100 cm³/mol. The van der Waals surface area contributed by atoms with Gasteiger partial charge in [0.1, 0.15) is 12.2 Å². The van der Waals surface area contributed by atoms with Gasteiger partial charge < -0.3 is 19.9 Å². The number of nitrogens with zero attached hydrogens (tertiary/aromatic N) is 6. The number of esters is 1. The van der Waals surface area contributed by atoms with Crippen molar-refractivity contribution in [2.75, 3.05) is 45.2 Å². The van der Waals surface area contributed by atoms with E-state index in [0.717, 1.165) is 37.8 Å². The van der Waals surface area contributed by atoms with Crippen LogP contribution in [0.5, 0.6) is 0 Å². The topological polar surface area (TPSA) is 87.9 Å². The Morgan fingerprint density at radius 3 is 2.85 bits per heavy atom. The molecule has 0 bridgehead atoms. The zero-order chi connectivity index (χ0) is 18.4. The molecular formula is C16H23N7O2S. The Bertz CT molecular complexity index is 736. The molecule has 0 unspecified atom stereocenters. The number of aromatic nitrogens is 3. The standard InChI is InChI=1S/C16H23N7O2S/c1-17-16(18-10-13-11-23(20-19-13)12-15(24)25-2)22-7-5-21(6-8-22)14-4-3-9-26-14/h3-4,9,11H,5-8,10,12H2,1-2H3,(H,17,18). The predicted octanol–water partition coefficient (Wildman–Crippen LogP) is 0.410. The smallest absolute Gasteiger partial charge is 0.327 e. The van der Waals surface area contributed by atoms with Gasteiger partial charge in [0.15, 0.2) is 5.96 Å². The Hall–Kier alpha value is -2.62. The van der Waals surface area contributed by atoms with E-state index in [1.807, 2.05) is 0 Å². The molecule has 2 aromatic rings. The number of nitrogens with one attached hydrogen (secondary N) is 1. The molecule has 1 aliphatic rings. The van der Waals surface area contributed by atoms with Crippen molar-refractivity contribution in [3.05, 3.63) is 29.4 Å². The molecule has 9 nitrogen and oxygen atoms in total. The molecule has 1 N–H and O–H groups in total. The molecule has 0 spiro atoms. The highest BCUT2D eigenvalue weighted by molar-refractivity contribution is 7.14. The van der Waals surface area contributed by atoms with E-state index in [9.17, 15) is 4.79 Å². The molecule has 0 radical (unpaired) electrons. The minimum atomic E-state index is -0.353. The van der Waals surface area contributed by atoms with Crippen LogP contribution in [0, 0.1) is 0 Å². The lowest BCUT2D eigenvalue weighted by Crippen LogP contribution is -2.52. The van der Waals surface area contributed by atoms with Crippen molar-refractivity contribution in [2.24, 2.45) is 4.99 Å². The summed E-state index contributed by atoms with van der Waals surface area (Å²) in [5, 5.41) is 14.7. The van der Waals surface area contributed by atoms with Crippen LogP contribution in [0.1, 0.15) is 5.69 Å². The lowest BCUT2D eigenvalue weighted by molar-refractivity contribution is -0.141. The number of methoxy groups -OCH3 is 1. The third-order valence-electron chi connectivity index (χ3n) is 4.14. The second-order valence-corrected chi connectivity index (χ2v) is 6.74. The molecule has 0 aromatic carbocycles. The number of anilines is 1. The van der Waals surface area contributed by atoms with Gasteiger partial charge in [-0.3, -0.25) is 9.79 Å². The summed E-state index contributed by atoms with van der Waals surface area (Å²) in [6, 6.07) is 4.24. The molecule has 0 aliphatic carbocycles. The fourth-order valence-electron chi connectivity index (χ4n) is 2.78. The number of ether oxygens (including phenoxy) is 1. The van der Waals surface area contributed by atoms with Crippen molar-refractivity contribution in [3.63, 3.8) is 0 Å². The van der Waals surface area contributed by atoms with Gasteiger partial charge in [-0.25, -0.2) is 4.68 Å². The molecule has 3 heterocycles. The van der Waals surface area contributed by atoms with E-state index in [1.54, 1.807) is 24.6 Å². The number of aliphatic imine (C=N–C) groups is 1. The molecule has 26 heavy (non-hydrogen) atoms. The Labute approximate surface area is 156 Å². The summed E-state index contributed by atoms with van der Waals surface area (Å²) in [5.41, 5.74) is 0.743. The van der Waals surface area contributed by atoms with Crippen LogP contribution in [0.25, 0.3) is 0 Å². The molecule has 1 fully saturated rings. The first-order valence-electron chi connectivity index (χ1n) is 8.39. The first-order valence-corrected chi connectivity index (χ1v) is 9.27. The van der Waals surface area contributed by atoms with E-state index in [-0.39, 0.29) is 12.5 Å². The number of rotatable bonds is 5. The summed E-state index contributed by atoms with van der Waals surface area (Å²) in [6.07, 6.45) is 1.73. The zero-order valence-corrected chi connectivity index (χ0v) is 15.8. The minimum Gasteiger partial charge on any atom is -0.468 e. The normalized spacial score (nSPS) is 15.2. The Kier molecular flexibility index (Phi) is 6.05. The molecule has 2 aromatic heterocycles. The van der Waals surface area contributed by atoms with E-state index in [0.29, 0.717) is 6.54 Å². The van der Waals surface area contributed by atoms with Crippen LogP contribution in [0.3, 0.4) is 0 Å². The Morgan fingerprint density at radius 2 is 2.19 bits per heavy atom. The molecule has 3 rings (SSSR count). The molecule has 10 heteroatoms. The van der Waals surface area contributed by atoms with Crippen molar-refractivity contribution in [1.82, 2.24) is 25.2 Å². The largest absolute Gasteiger partial charge is 0.468 e. The maximum atomic E-state index is 11.3. The maximum Gasteiger partial charge on any atom is 0.327 e. The van der Waals surface area contributed by atoms with Crippen molar-refractivity contribution in [2.45, 2.75) is 13.1 Å². The summed E-state index contributed by atoms with van der Waals surface area (Å²) in [4.78, 5) is 20.3. The van der Waals surface area contributed by atoms with Gasteiger partial charge in [-0.05, 0) is 17.5 Å². The monoisotopic (exact) mass is 377 g/mol. The first kappa shape index (κ1) is 18.2. The van der Waals surface area contributed by atoms with Crippen molar-refractivity contribution in [1.29, 1.82) is 0 Å². The Morgan fingerprint density at radius 1 is 1.38 bits per heavy atom. The number of hydrogen-bond acceptors (Lipinski definition) is 7. The molecular weight excluding hydrogens is 354 g/mol. The van der Waals surface area contributed by atoms with Gasteiger partial charge in [0.05, 0.1) is 24.9 Å². The van der Waals surface area contributed by atoms with Gasteiger partial charge in [0, 0.05) is 33.2 Å². The van der Waals surface area contributed by atoms with Crippen molar-refractivity contribution < 1.29 is 9.53 Å². The summed E-state index contributed by atoms with van der Waals surface area (Å²) < 4.78 is 6.09. The van der Waals surface area contributed by atoms with Gasteiger partial charge in [-0.2, -0.15) is 0 Å². The summed E-state index contributed by atoms with van der Waals surface area (Å²) >= 11 is 1.77. The summed E-state index contributed by atoms with van der Waals surface area (Å²) in [5.74, 6) is 0.493. The highest BCUT2D eigenvalue weighted by Gasteiger charge is 2.20. The number of carbonyl (C=O) groups excluding carboxylic acids is 1. The second kappa shape index (κ2) is 8.65. The number of piperazine rings is 1. The zero-order valence-electron chi connectivity index (χ0n) is 15.0. The Balaban J connectivity index is 1.49. The highest BCUT2D eigenvalue weighted by atomic mass is 32.1. The van der Waals surface area contributed by atoms with E-state index in [1.165, 1.54) is 16.8 Å². The lowest BCUT2D eigenvalue weighted by Gasteiger charge is -2.36. The quantitative estimate of drug-likeness (QED) is 0.459. The number of thiophene rings is 1. The van der Waals surface area contributed by atoms with Gasteiger partial charge in [-0.15, -0.1) is 16.4 Å². The molecule has 0 atom stereocenters. The number of hydrogen-bond donors (Lipinski definition) is 1. The minimum absolute atomic E-state index is 0.0584. The second-order valence-electron chi connectivity index (χ2n) is 5.81. The fourth-order valence-corrected chi connectivity index (χ4v) is 3.57. The summed E-state index contributed by atoms with van der Waals surface area (Å²) in [6.45, 7) is 4.31. The van der Waals surface area contributed by atoms with Crippen LogP contribution in [0.2, 0.25) is 0 Å². The van der Waals surface area contributed by atoms with Crippen LogP contribution in [-0.4, -0.2) is 72.2 Å². The van der Waals surface area contributed by atoms with E-state index < -0.39 is 0 Å². The van der Waals surface area contributed by atoms with Gasteiger partial charge >= 0.3 is 5.97 Å². The number of carbonyl (C=O) groups is 1. The third-order valence-corrected chi connectivity index (χ3v) is 5.07. The van der Waals surface area contributed by atoms with Crippen LogP contribution in [0.4, 0.5) is 5.00 Å². The molecule has 0 amide bonds. The van der Waals surface area contributed by atoms with E-state index in [4.69, 9.17) is 0 Å². The fraction of sp³-hybridized carbons (Fsp3) is 0.500. The SMILES string of the molecule is CN=C(NCc1cn(CC(=O)OC)nn1)N1CCN(c2cccs2)CC1. The van der Waals surface area contributed by atoms with Gasteiger partial charge in [0.25, 0.3) is 0 Å². The molecule has 140 valence electrons. The highest BCUT2D eigenvalue weighted by Crippen LogP contribution is 2.22. The lowest BCUT2D eigenvalue weighted by atomic mass is 10.3. The van der Waals surface area contributed by atoms with Crippen LogP contribution >= 0.6 is 11.3 Å². The van der Waals surface area contributed by atoms with Gasteiger partial charge in [0.2, 0.25) is 0 Å².